The molecule has 22 heavy (non-hydrogen) atoms. The maximum atomic E-state index is 10.9. The average Bonchev–Trinajstić information content (AvgIpc) is 2.49. The summed E-state index contributed by atoms with van der Waals surface area (Å²) in [6.07, 6.45) is -7.13. The molecule has 10 nitrogen and oxygen atoms in total. The molecule has 1 unspecified atom stereocenters. The van der Waals surface area contributed by atoms with E-state index in [0.29, 0.717) is 0 Å². The molecule has 1 aliphatic rings. The third-order valence-electron chi connectivity index (χ3n) is 3.25. The van der Waals surface area contributed by atoms with Crippen molar-refractivity contribution in [2.75, 3.05) is 6.61 Å². The molecule has 5 atom stereocenters. The van der Waals surface area contributed by atoms with Gasteiger partial charge in [-0.05, 0) is 6.07 Å². The van der Waals surface area contributed by atoms with E-state index in [9.17, 15) is 30.5 Å². The molecule has 0 amide bonds. The Kier molecular flexibility index (Phi) is 4.60. The Balaban J connectivity index is 2.32. The lowest BCUT2D eigenvalue weighted by atomic mass is 9.98. The number of para-hydroxylation sites is 2. The van der Waals surface area contributed by atoms with Crippen molar-refractivity contribution in [3.05, 3.63) is 34.4 Å². The molecule has 0 radical (unpaired) electrons. The number of hydrogen-bond donors (Lipinski definition) is 5. The van der Waals surface area contributed by atoms with Crippen LogP contribution in [0.3, 0.4) is 0 Å². The molecule has 122 valence electrons. The fourth-order valence-electron chi connectivity index (χ4n) is 2.06. The first-order valence-electron chi connectivity index (χ1n) is 6.28. The number of benzene rings is 1. The number of aliphatic hydroxyl groups is 5. The molecule has 1 aliphatic heterocycles. The second kappa shape index (κ2) is 6.12. The zero-order valence-electron chi connectivity index (χ0n) is 11.1. The van der Waals surface area contributed by atoms with E-state index in [1.165, 1.54) is 12.1 Å². The first-order valence-corrected chi connectivity index (χ1v) is 6.28. The van der Waals surface area contributed by atoms with E-state index >= 15 is 0 Å². The Labute approximate surface area is 123 Å². The smallest absolute Gasteiger partial charge is 0.355 e. The standard InChI is InChI=1S/C12H15NO9/c14-5-8-9(15)10(16)11(17)12(18,22-8)21-7-4-2-1-3-6(7)13(19)20/h1-4,8-11,14-18H,5H2/t8-,9+,10+,11-,12?/m1/s1. The van der Waals surface area contributed by atoms with Gasteiger partial charge in [0.05, 0.1) is 11.5 Å². The summed E-state index contributed by atoms with van der Waals surface area (Å²) >= 11 is 0. The Morgan fingerprint density at radius 3 is 2.50 bits per heavy atom. The fourth-order valence-corrected chi connectivity index (χ4v) is 2.06. The molecule has 1 aromatic carbocycles. The summed E-state index contributed by atoms with van der Waals surface area (Å²) in [6, 6.07) is 5.00. The van der Waals surface area contributed by atoms with Crippen LogP contribution in [-0.2, 0) is 4.74 Å². The van der Waals surface area contributed by atoms with Gasteiger partial charge in [0.1, 0.15) is 18.3 Å². The highest BCUT2D eigenvalue weighted by molar-refractivity contribution is 5.45. The largest absolute Gasteiger partial charge is 0.430 e. The maximum Gasteiger partial charge on any atom is 0.355 e. The van der Waals surface area contributed by atoms with Crippen LogP contribution in [0.2, 0.25) is 0 Å². The second-order valence-corrected chi connectivity index (χ2v) is 4.72. The van der Waals surface area contributed by atoms with Crippen molar-refractivity contribution < 1.29 is 39.9 Å². The number of nitro groups is 1. The molecule has 10 heteroatoms. The first-order chi connectivity index (χ1) is 10.3. The summed E-state index contributed by atoms with van der Waals surface area (Å²) in [4.78, 5) is 10.1. The molecule has 1 heterocycles. The third-order valence-corrected chi connectivity index (χ3v) is 3.25. The average molecular weight is 317 g/mol. The van der Waals surface area contributed by atoms with E-state index in [4.69, 9.17) is 14.6 Å². The SMILES string of the molecule is O=[N+]([O-])c1ccccc1OC1(O)O[C@H](CO)[C@H](O)[C@H](O)[C@H]1O. The highest BCUT2D eigenvalue weighted by atomic mass is 16.8. The number of nitrogens with zero attached hydrogens (tertiary/aromatic N) is 1. The summed E-state index contributed by atoms with van der Waals surface area (Å²) in [5.74, 6) is -3.30. The van der Waals surface area contributed by atoms with Crippen LogP contribution < -0.4 is 4.74 Å². The minimum Gasteiger partial charge on any atom is -0.430 e. The lowest BCUT2D eigenvalue weighted by Gasteiger charge is -2.44. The van der Waals surface area contributed by atoms with Crippen molar-refractivity contribution in [3.8, 4) is 5.75 Å². The van der Waals surface area contributed by atoms with Crippen molar-refractivity contribution in [2.45, 2.75) is 30.4 Å². The number of nitro benzene ring substituents is 1. The van der Waals surface area contributed by atoms with Crippen LogP contribution in [0.15, 0.2) is 24.3 Å². The summed E-state index contributed by atoms with van der Waals surface area (Å²) in [7, 11) is 0. The number of ether oxygens (including phenoxy) is 2. The summed E-state index contributed by atoms with van der Waals surface area (Å²) in [5, 5.41) is 59.2. The van der Waals surface area contributed by atoms with Gasteiger partial charge in [0.15, 0.2) is 6.10 Å². The van der Waals surface area contributed by atoms with Crippen molar-refractivity contribution in [3.63, 3.8) is 0 Å². The van der Waals surface area contributed by atoms with Crippen LogP contribution in [0.25, 0.3) is 0 Å². The van der Waals surface area contributed by atoms with Crippen LogP contribution in [0.1, 0.15) is 0 Å². The Morgan fingerprint density at radius 2 is 1.91 bits per heavy atom. The Hall–Kier alpha value is -1.82. The van der Waals surface area contributed by atoms with Crippen LogP contribution in [0.5, 0.6) is 5.75 Å². The zero-order chi connectivity index (χ0) is 16.5. The third kappa shape index (κ3) is 2.88. The molecule has 1 fully saturated rings. The van der Waals surface area contributed by atoms with Gasteiger partial charge >= 0.3 is 11.7 Å². The van der Waals surface area contributed by atoms with Gasteiger partial charge in [0, 0.05) is 6.07 Å². The van der Waals surface area contributed by atoms with Gasteiger partial charge in [0.25, 0.3) is 0 Å². The second-order valence-electron chi connectivity index (χ2n) is 4.72. The first kappa shape index (κ1) is 16.5. The van der Waals surface area contributed by atoms with Gasteiger partial charge in [-0.1, -0.05) is 12.1 Å². The quantitative estimate of drug-likeness (QED) is 0.242. The van der Waals surface area contributed by atoms with E-state index in [0.717, 1.165) is 12.1 Å². The van der Waals surface area contributed by atoms with E-state index in [1.54, 1.807) is 0 Å². The van der Waals surface area contributed by atoms with Crippen LogP contribution >= 0.6 is 0 Å². The molecule has 0 bridgehead atoms. The van der Waals surface area contributed by atoms with Crippen LogP contribution in [-0.4, -0.2) is 67.5 Å². The van der Waals surface area contributed by atoms with Gasteiger partial charge in [-0.15, -0.1) is 0 Å². The van der Waals surface area contributed by atoms with E-state index in [2.05, 4.69) is 0 Å². The van der Waals surface area contributed by atoms with E-state index in [1.807, 2.05) is 0 Å². The minimum atomic E-state index is -2.88. The lowest BCUT2D eigenvalue weighted by molar-refractivity contribution is -0.427. The zero-order valence-corrected chi connectivity index (χ0v) is 11.1. The molecule has 0 saturated carbocycles. The molecule has 0 aromatic heterocycles. The topological polar surface area (TPSA) is 163 Å². The van der Waals surface area contributed by atoms with Crippen molar-refractivity contribution in [2.24, 2.45) is 0 Å². The number of hydrogen-bond acceptors (Lipinski definition) is 9. The van der Waals surface area contributed by atoms with Gasteiger partial charge in [0.2, 0.25) is 5.75 Å². The molecule has 0 aliphatic carbocycles. The predicted octanol–water partition coefficient (Wildman–Crippen LogP) is -1.91. The van der Waals surface area contributed by atoms with Gasteiger partial charge in [-0.2, -0.15) is 0 Å². The molecule has 1 aromatic rings. The summed E-state index contributed by atoms with van der Waals surface area (Å²) in [5.41, 5.74) is -0.507. The van der Waals surface area contributed by atoms with Crippen LogP contribution in [0, 0.1) is 10.1 Å². The highest BCUT2D eigenvalue weighted by Crippen LogP contribution is 2.34. The Bertz CT molecular complexity index is 551. The van der Waals surface area contributed by atoms with Crippen molar-refractivity contribution in [1.29, 1.82) is 0 Å². The van der Waals surface area contributed by atoms with Gasteiger partial charge in [-0.3, -0.25) is 10.1 Å². The summed E-state index contributed by atoms with van der Waals surface area (Å²) < 4.78 is 9.82. The normalized spacial score (nSPS) is 35.1. The molecule has 1 saturated heterocycles. The highest BCUT2D eigenvalue weighted by Gasteiger charge is 2.55. The number of rotatable bonds is 4. The molecular weight excluding hydrogens is 302 g/mol. The molecular formula is C12H15NO9. The Morgan fingerprint density at radius 1 is 1.27 bits per heavy atom. The van der Waals surface area contributed by atoms with Crippen LogP contribution in [0.4, 0.5) is 5.69 Å². The van der Waals surface area contributed by atoms with E-state index < -0.39 is 53.4 Å². The minimum absolute atomic E-state index is 0.422. The summed E-state index contributed by atoms with van der Waals surface area (Å²) in [6.45, 7) is -0.784. The number of aliphatic hydroxyl groups excluding tert-OH is 4. The van der Waals surface area contributed by atoms with Crippen molar-refractivity contribution >= 4 is 5.69 Å². The fraction of sp³-hybridized carbons (Fsp3) is 0.500. The van der Waals surface area contributed by atoms with E-state index in [-0.39, 0.29) is 0 Å². The molecule has 0 spiro atoms. The lowest BCUT2D eigenvalue weighted by Crippen LogP contribution is -2.67. The van der Waals surface area contributed by atoms with Gasteiger partial charge < -0.3 is 35.0 Å². The van der Waals surface area contributed by atoms with Gasteiger partial charge in [-0.25, -0.2) is 0 Å². The molecule has 2 rings (SSSR count). The predicted molar refractivity (Wildman–Crippen MR) is 68.7 cm³/mol. The molecule has 5 N–H and O–H groups in total. The maximum absolute atomic E-state index is 10.9. The monoisotopic (exact) mass is 317 g/mol. The van der Waals surface area contributed by atoms with Crippen molar-refractivity contribution in [1.82, 2.24) is 0 Å².